The molecule has 0 aliphatic rings. The zero-order chi connectivity index (χ0) is 9.90. The van der Waals surface area contributed by atoms with Crippen molar-refractivity contribution in [3.05, 3.63) is 11.2 Å². The topological polar surface area (TPSA) is 59.1 Å². The first-order valence-electron chi connectivity index (χ1n) is 3.42. The SMILES string of the molecule is C#CCNS(=O)(=O)c1cnc(C)s1. The van der Waals surface area contributed by atoms with E-state index in [4.69, 9.17) is 6.42 Å². The predicted molar refractivity (Wildman–Crippen MR) is 50.9 cm³/mol. The molecule has 13 heavy (non-hydrogen) atoms. The molecule has 1 rings (SSSR count). The Kier molecular flexibility index (Phi) is 3.03. The molecule has 1 N–H and O–H groups in total. The van der Waals surface area contributed by atoms with Gasteiger partial charge in [0, 0.05) is 0 Å². The number of nitrogens with zero attached hydrogens (tertiary/aromatic N) is 1. The fourth-order valence-corrected chi connectivity index (χ4v) is 2.76. The molecule has 6 heteroatoms. The molecule has 0 atom stereocenters. The highest BCUT2D eigenvalue weighted by Gasteiger charge is 2.15. The molecular weight excluding hydrogens is 208 g/mol. The lowest BCUT2D eigenvalue weighted by atomic mass is 10.7. The van der Waals surface area contributed by atoms with E-state index in [0.29, 0.717) is 5.01 Å². The van der Waals surface area contributed by atoms with Crippen LogP contribution in [0.3, 0.4) is 0 Å². The van der Waals surface area contributed by atoms with Crippen LogP contribution >= 0.6 is 11.3 Å². The number of hydrogen-bond acceptors (Lipinski definition) is 4. The van der Waals surface area contributed by atoms with E-state index in [-0.39, 0.29) is 10.8 Å². The van der Waals surface area contributed by atoms with Gasteiger partial charge in [0.25, 0.3) is 10.0 Å². The molecule has 0 aromatic carbocycles. The van der Waals surface area contributed by atoms with Gasteiger partial charge in [0.1, 0.15) is 0 Å². The molecule has 0 bridgehead atoms. The molecule has 4 nitrogen and oxygen atoms in total. The first-order chi connectivity index (χ1) is 6.06. The average molecular weight is 216 g/mol. The zero-order valence-electron chi connectivity index (χ0n) is 6.94. The Bertz CT molecular complexity index is 428. The van der Waals surface area contributed by atoms with Crippen LogP contribution in [0.15, 0.2) is 10.4 Å². The summed E-state index contributed by atoms with van der Waals surface area (Å²) in [5.74, 6) is 2.19. The summed E-state index contributed by atoms with van der Waals surface area (Å²) in [5.41, 5.74) is 0. The quantitative estimate of drug-likeness (QED) is 0.742. The Labute approximate surface area is 81.1 Å². The van der Waals surface area contributed by atoms with Gasteiger partial charge in [-0.1, -0.05) is 5.92 Å². The Morgan fingerprint density at radius 1 is 1.77 bits per heavy atom. The number of aromatic nitrogens is 1. The van der Waals surface area contributed by atoms with Crippen LogP contribution < -0.4 is 4.72 Å². The van der Waals surface area contributed by atoms with E-state index >= 15 is 0 Å². The summed E-state index contributed by atoms with van der Waals surface area (Å²) in [6.45, 7) is 1.74. The number of hydrogen-bond donors (Lipinski definition) is 1. The third kappa shape index (κ3) is 2.52. The highest BCUT2D eigenvalue weighted by molar-refractivity contribution is 7.91. The normalized spacial score (nSPS) is 11.1. The van der Waals surface area contributed by atoms with Crippen molar-refractivity contribution in [3.8, 4) is 12.3 Å². The minimum atomic E-state index is -3.44. The Morgan fingerprint density at radius 3 is 2.92 bits per heavy atom. The highest BCUT2D eigenvalue weighted by Crippen LogP contribution is 2.16. The lowest BCUT2D eigenvalue weighted by Gasteiger charge is -1.98. The van der Waals surface area contributed by atoms with Crippen LogP contribution in [0, 0.1) is 19.3 Å². The van der Waals surface area contributed by atoms with Gasteiger partial charge < -0.3 is 0 Å². The molecule has 1 heterocycles. The summed E-state index contributed by atoms with van der Waals surface area (Å²) in [7, 11) is -3.44. The molecule has 1 aromatic heterocycles. The van der Waals surface area contributed by atoms with Gasteiger partial charge in [-0.3, -0.25) is 0 Å². The fraction of sp³-hybridized carbons (Fsp3) is 0.286. The predicted octanol–water partition coefficient (Wildman–Crippen LogP) is 0.363. The number of terminal acetylenes is 1. The van der Waals surface area contributed by atoms with Gasteiger partial charge in [-0.2, -0.15) is 4.72 Å². The van der Waals surface area contributed by atoms with Gasteiger partial charge in [0.2, 0.25) is 0 Å². The molecular formula is C7H8N2O2S2. The maximum Gasteiger partial charge on any atom is 0.252 e. The van der Waals surface area contributed by atoms with E-state index in [1.807, 2.05) is 0 Å². The third-order valence-electron chi connectivity index (χ3n) is 1.23. The second-order valence-corrected chi connectivity index (χ2v) is 5.46. The van der Waals surface area contributed by atoms with Crippen molar-refractivity contribution in [3.63, 3.8) is 0 Å². The van der Waals surface area contributed by atoms with Gasteiger partial charge in [0.05, 0.1) is 17.7 Å². The summed E-state index contributed by atoms with van der Waals surface area (Å²) in [5, 5.41) is 0.709. The van der Waals surface area contributed by atoms with Crippen molar-refractivity contribution in [1.82, 2.24) is 9.71 Å². The number of thiazole rings is 1. The number of sulfonamides is 1. The summed E-state index contributed by atoms with van der Waals surface area (Å²) in [6, 6.07) is 0. The van der Waals surface area contributed by atoms with E-state index in [2.05, 4.69) is 15.6 Å². The molecule has 1 aromatic rings. The Balaban J connectivity index is 2.89. The smallest absolute Gasteiger partial charge is 0.249 e. The van der Waals surface area contributed by atoms with Crippen molar-refractivity contribution in [2.45, 2.75) is 11.1 Å². The lowest BCUT2D eigenvalue weighted by molar-refractivity contribution is 0.588. The molecule has 0 aliphatic carbocycles. The van der Waals surface area contributed by atoms with Gasteiger partial charge in [-0.05, 0) is 6.92 Å². The van der Waals surface area contributed by atoms with Crippen molar-refractivity contribution in [1.29, 1.82) is 0 Å². The highest BCUT2D eigenvalue weighted by atomic mass is 32.2. The van der Waals surface area contributed by atoms with Crippen LogP contribution in [0.2, 0.25) is 0 Å². The Hall–Kier alpha value is -0.900. The molecule has 70 valence electrons. The van der Waals surface area contributed by atoms with Crippen molar-refractivity contribution >= 4 is 21.4 Å². The fourth-order valence-electron chi connectivity index (χ4n) is 0.674. The van der Waals surface area contributed by atoms with E-state index in [0.717, 1.165) is 11.3 Å². The first kappa shape index (κ1) is 10.2. The lowest BCUT2D eigenvalue weighted by Crippen LogP contribution is -2.22. The summed E-state index contributed by atoms with van der Waals surface area (Å²) < 4.78 is 25.2. The van der Waals surface area contributed by atoms with Crippen LogP contribution in [-0.2, 0) is 10.0 Å². The van der Waals surface area contributed by atoms with E-state index in [1.165, 1.54) is 6.20 Å². The van der Waals surface area contributed by atoms with Gasteiger partial charge in [-0.25, -0.2) is 13.4 Å². The van der Waals surface area contributed by atoms with Gasteiger partial charge >= 0.3 is 0 Å². The molecule has 0 saturated heterocycles. The average Bonchev–Trinajstić information content (AvgIpc) is 2.49. The van der Waals surface area contributed by atoms with Crippen LogP contribution in [0.4, 0.5) is 0 Å². The van der Waals surface area contributed by atoms with E-state index in [1.54, 1.807) is 6.92 Å². The maximum absolute atomic E-state index is 11.4. The number of aryl methyl sites for hydroxylation is 1. The van der Waals surface area contributed by atoms with E-state index in [9.17, 15) is 8.42 Å². The minimum Gasteiger partial charge on any atom is -0.249 e. The zero-order valence-corrected chi connectivity index (χ0v) is 8.58. The summed E-state index contributed by atoms with van der Waals surface area (Å²) >= 11 is 1.11. The molecule has 0 amide bonds. The van der Waals surface area contributed by atoms with Crippen molar-refractivity contribution < 1.29 is 8.42 Å². The molecule has 0 aliphatic heterocycles. The monoisotopic (exact) mass is 216 g/mol. The minimum absolute atomic E-state index is 0.000713. The molecule has 0 fully saturated rings. The largest absolute Gasteiger partial charge is 0.252 e. The molecule has 0 saturated carbocycles. The van der Waals surface area contributed by atoms with Gasteiger partial charge in [0.15, 0.2) is 4.21 Å². The second kappa shape index (κ2) is 3.87. The Morgan fingerprint density at radius 2 is 2.46 bits per heavy atom. The maximum atomic E-state index is 11.4. The van der Waals surface area contributed by atoms with Crippen molar-refractivity contribution in [2.75, 3.05) is 6.54 Å². The van der Waals surface area contributed by atoms with Gasteiger partial charge in [-0.15, -0.1) is 17.8 Å². The van der Waals surface area contributed by atoms with E-state index < -0.39 is 10.0 Å². The van der Waals surface area contributed by atoms with Crippen LogP contribution in [0.25, 0.3) is 0 Å². The van der Waals surface area contributed by atoms with Crippen LogP contribution in [-0.4, -0.2) is 19.9 Å². The molecule has 0 spiro atoms. The number of rotatable bonds is 3. The van der Waals surface area contributed by atoms with Crippen LogP contribution in [0.1, 0.15) is 5.01 Å². The standard InChI is InChI=1S/C7H8N2O2S2/c1-3-4-9-13(10,11)7-5-8-6(2)12-7/h1,5,9H,4H2,2H3. The third-order valence-corrected chi connectivity index (χ3v) is 4.00. The first-order valence-corrected chi connectivity index (χ1v) is 5.72. The number of nitrogens with one attached hydrogen (secondary N) is 1. The summed E-state index contributed by atoms with van der Waals surface area (Å²) in [4.78, 5) is 3.84. The van der Waals surface area contributed by atoms with Crippen LogP contribution in [0.5, 0.6) is 0 Å². The summed E-state index contributed by atoms with van der Waals surface area (Å²) in [6.07, 6.45) is 6.25. The second-order valence-electron chi connectivity index (χ2n) is 2.23. The van der Waals surface area contributed by atoms with Crippen molar-refractivity contribution in [2.24, 2.45) is 0 Å². The molecule has 0 unspecified atom stereocenters. The molecule has 0 radical (unpaired) electrons.